The molecular formula is C34H42O7. The van der Waals surface area contributed by atoms with Crippen LogP contribution in [0, 0.1) is 23.7 Å². The highest BCUT2D eigenvalue weighted by molar-refractivity contribution is 5.57. The van der Waals surface area contributed by atoms with Gasteiger partial charge in [-0.2, -0.15) is 0 Å². The number of fused-ring (bicyclic) bond motifs is 4. The number of methoxy groups -OCH3 is 2. The molecule has 4 aliphatic heterocycles. The van der Waals surface area contributed by atoms with Crippen molar-refractivity contribution in [3.63, 3.8) is 0 Å². The molecule has 4 heterocycles. The van der Waals surface area contributed by atoms with Crippen LogP contribution in [0.1, 0.15) is 73.4 Å². The molecule has 10 atom stereocenters. The lowest BCUT2D eigenvalue weighted by Crippen LogP contribution is -2.28. The van der Waals surface area contributed by atoms with Crippen molar-refractivity contribution in [2.24, 2.45) is 23.7 Å². The Morgan fingerprint density at radius 2 is 1.15 bits per heavy atom. The van der Waals surface area contributed by atoms with Gasteiger partial charge in [-0.3, -0.25) is 0 Å². The summed E-state index contributed by atoms with van der Waals surface area (Å²) >= 11 is 0. The van der Waals surface area contributed by atoms with Crippen molar-refractivity contribution in [2.75, 3.05) is 14.2 Å². The van der Waals surface area contributed by atoms with Gasteiger partial charge >= 0.3 is 0 Å². The Labute approximate surface area is 242 Å². The number of benzene rings is 2. The zero-order chi connectivity index (χ0) is 28.3. The van der Waals surface area contributed by atoms with E-state index in [-0.39, 0.29) is 36.3 Å². The average Bonchev–Trinajstić information content (AvgIpc) is 3.81. The summed E-state index contributed by atoms with van der Waals surface area (Å²) in [6.45, 7) is 0. The second-order valence-electron chi connectivity index (χ2n) is 12.2. The van der Waals surface area contributed by atoms with Crippen LogP contribution in [0.3, 0.4) is 0 Å². The van der Waals surface area contributed by atoms with E-state index in [4.69, 9.17) is 23.7 Å². The van der Waals surface area contributed by atoms with Crippen LogP contribution in [0.25, 0.3) is 0 Å². The minimum absolute atomic E-state index is 0.0262. The van der Waals surface area contributed by atoms with Crippen LogP contribution in [-0.2, 0) is 46.1 Å². The Morgan fingerprint density at radius 3 is 1.56 bits per heavy atom. The van der Waals surface area contributed by atoms with Crippen LogP contribution >= 0.6 is 0 Å². The number of carbonyl (C=O) groups is 2. The highest BCUT2D eigenvalue weighted by Crippen LogP contribution is 2.45. The molecule has 2 aromatic rings. The van der Waals surface area contributed by atoms with Gasteiger partial charge in [0.25, 0.3) is 0 Å². The molecule has 7 heteroatoms. The molecule has 41 heavy (non-hydrogen) atoms. The Bertz CT molecular complexity index is 1110. The third-order valence-corrected chi connectivity index (χ3v) is 9.94. The number of ether oxygens (including phenoxy) is 5. The normalized spacial score (nSPS) is 33.2. The molecule has 4 bridgehead atoms. The number of hydrogen-bond donors (Lipinski definition) is 0. The van der Waals surface area contributed by atoms with Crippen LogP contribution in [0.4, 0.5) is 0 Å². The van der Waals surface area contributed by atoms with Crippen LogP contribution in [0.15, 0.2) is 48.5 Å². The SMILES string of the molecule is CO[C@H](O[C@@H](OC)c1cccc(CC[C@H]2C3CC[C@H](O3)[C@H]2C=O)c1)c1cccc(CC[C@@H]2C3CC[C@@H](O3)[C@@H]2C=O)c1. The maximum absolute atomic E-state index is 11.7. The van der Waals surface area contributed by atoms with Gasteiger partial charge in [0.15, 0.2) is 12.6 Å². The lowest BCUT2D eigenvalue weighted by atomic mass is 9.77. The van der Waals surface area contributed by atoms with Crippen molar-refractivity contribution in [3.05, 3.63) is 70.8 Å². The summed E-state index contributed by atoms with van der Waals surface area (Å²) in [5.41, 5.74) is 4.23. The van der Waals surface area contributed by atoms with E-state index >= 15 is 0 Å². The molecule has 0 aromatic heterocycles. The lowest BCUT2D eigenvalue weighted by molar-refractivity contribution is -0.237. The largest absolute Gasteiger partial charge is 0.374 e. The molecular weight excluding hydrogens is 520 g/mol. The first-order chi connectivity index (χ1) is 20.1. The lowest BCUT2D eigenvalue weighted by Gasteiger charge is -2.25. The van der Waals surface area contributed by atoms with E-state index in [0.717, 1.165) is 75.1 Å². The molecule has 2 unspecified atom stereocenters. The molecule has 0 amide bonds. The minimum atomic E-state index is -0.600. The predicted molar refractivity (Wildman–Crippen MR) is 152 cm³/mol. The summed E-state index contributed by atoms with van der Waals surface area (Å²) in [5, 5.41) is 0. The average molecular weight is 563 g/mol. The van der Waals surface area contributed by atoms with Crippen molar-refractivity contribution < 1.29 is 33.3 Å². The van der Waals surface area contributed by atoms with Gasteiger partial charge in [0.1, 0.15) is 12.6 Å². The molecule has 4 fully saturated rings. The van der Waals surface area contributed by atoms with Gasteiger partial charge in [-0.25, -0.2) is 0 Å². The van der Waals surface area contributed by atoms with E-state index in [9.17, 15) is 9.59 Å². The predicted octanol–water partition coefficient (Wildman–Crippen LogP) is 5.54. The van der Waals surface area contributed by atoms with Crippen LogP contribution < -0.4 is 0 Å². The second kappa shape index (κ2) is 12.8. The van der Waals surface area contributed by atoms with Gasteiger partial charge < -0.3 is 33.3 Å². The van der Waals surface area contributed by atoms with E-state index in [0.29, 0.717) is 11.8 Å². The summed E-state index contributed by atoms with van der Waals surface area (Å²) in [6.07, 6.45) is 9.44. The van der Waals surface area contributed by atoms with Crippen molar-refractivity contribution in [3.8, 4) is 0 Å². The minimum Gasteiger partial charge on any atom is -0.374 e. The molecule has 220 valence electrons. The molecule has 7 nitrogen and oxygen atoms in total. The third kappa shape index (κ3) is 5.93. The van der Waals surface area contributed by atoms with Crippen LogP contribution in [0.2, 0.25) is 0 Å². The zero-order valence-corrected chi connectivity index (χ0v) is 24.1. The van der Waals surface area contributed by atoms with Crippen molar-refractivity contribution in [1.29, 1.82) is 0 Å². The highest BCUT2D eigenvalue weighted by atomic mass is 16.8. The Hall–Kier alpha value is -2.42. The van der Waals surface area contributed by atoms with Crippen molar-refractivity contribution in [1.82, 2.24) is 0 Å². The second-order valence-corrected chi connectivity index (χ2v) is 12.2. The van der Waals surface area contributed by atoms with E-state index in [1.807, 2.05) is 24.3 Å². The fourth-order valence-electron chi connectivity index (χ4n) is 7.87. The highest BCUT2D eigenvalue weighted by Gasteiger charge is 2.49. The first-order valence-corrected chi connectivity index (χ1v) is 15.2. The summed E-state index contributed by atoms with van der Waals surface area (Å²) in [7, 11) is 3.28. The van der Waals surface area contributed by atoms with E-state index in [1.165, 1.54) is 11.1 Å². The van der Waals surface area contributed by atoms with Crippen molar-refractivity contribution >= 4 is 12.6 Å². The fourth-order valence-corrected chi connectivity index (χ4v) is 7.87. The fraction of sp³-hybridized carbons (Fsp3) is 0.588. The number of aldehydes is 2. The van der Waals surface area contributed by atoms with Gasteiger partial charge in [0, 0.05) is 37.2 Å². The van der Waals surface area contributed by atoms with Gasteiger partial charge in [0.2, 0.25) is 0 Å². The van der Waals surface area contributed by atoms with Gasteiger partial charge in [-0.15, -0.1) is 0 Å². The third-order valence-electron chi connectivity index (χ3n) is 9.94. The quantitative estimate of drug-likeness (QED) is 0.221. The summed E-state index contributed by atoms with van der Waals surface area (Å²) in [5.74, 6) is 0.655. The van der Waals surface area contributed by atoms with Gasteiger partial charge in [-0.05, 0) is 74.3 Å². The van der Waals surface area contributed by atoms with E-state index < -0.39 is 12.6 Å². The van der Waals surface area contributed by atoms with Crippen LogP contribution in [-0.4, -0.2) is 51.2 Å². The van der Waals surface area contributed by atoms with E-state index in [1.54, 1.807) is 14.2 Å². The Balaban J connectivity index is 1.08. The molecule has 2 aromatic carbocycles. The molecule has 0 radical (unpaired) electrons. The number of rotatable bonds is 14. The molecule has 0 aliphatic carbocycles. The molecule has 4 saturated heterocycles. The number of aryl methyl sites for hydroxylation is 2. The Morgan fingerprint density at radius 1 is 0.707 bits per heavy atom. The summed E-state index contributed by atoms with van der Waals surface area (Å²) < 4.78 is 30.0. The summed E-state index contributed by atoms with van der Waals surface area (Å²) in [6, 6.07) is 16.6. The first kappa shape index (κ1) is 28.7. The van der Waals surface area contributed by atoms with E-state index in [2.05, 4.69) is 24.3 Å². The number of hydrogen-bond acceptors (Lipinski definition) is 7. The van der Waals surface area contributed by atoms with Crippen molar-refractivity contribution in [2.45, 2.75) is 88.4 Å². The summed E-state index contributed by atoms with van der Waals surface area (Å²) in [4.78, 5) is 23.4. The molecule has 6 rings (SSSR count). The molecule has 0 spiro atoms. The standard InChI is InChI=1S/C34H42O7/c1-37-33(23-7-3-5-21(17-23)9-11-25-27(19-35)31-15-13-29(25)39-31)41-34(38-2)24-8-4-6-22(18-24)10-12-26-28(20-36)32-16-14-30(26)40-32/h3-8,17-20,25-34H,9-16H2,1-2H3/t25-,26+,27+,28-,29?,30?,31+,32-,33-,34-/m1/s1. The van der Waals surface area contributed by atoms with Gasteiger partial charge in [0.05, 0.1) is 24.4 Å². The smallest absolute Gasteiger partial charge is 0.186 e. The maximum Gasteiger partial charge on any atom is 0.186 e. The zero-order valence-electron chi connectivity index (χ0n) is 24.1. The Kier molecular flexibility index (Phi) is 8.98. The molecule has 0 N–H and O–H groups in total. The van der Waals surface area contributed by atoms with Crippen LogP contribution in [0.5, 0.6) is 0 Å². The number of carbonyl (C=O) groups excluding carboxylic acids is 2. The molecule has 4 aliphatic rings. The maximum atomic E-state index is 11.7. The monoisotopic (exact) mass is 562 g/mol. The van der Waals surface area contributed by atoms with Gasteiger partial charge in [-0.1, -0.05) is 48.5 Å². The first-order valence-electron chi connectivity index (χ1n) is 15.2. The topological polar surface area (TPSA) is 80.3 Å². The molecule has 0 saturated carbocycles.